The van der Waals surface area contributed by atoms with Crippen LogP contribution in [0, 0.1) is 0 Å². The molecule has 0 unspecified atom stereocenters. The lowest BCUT2D eigenvalue weighted by molar-refractivity contribution is 0.301. The van der Waals surface area contributed by atoms with Crippen molar-refractivity contribution >= 4 is 39.3 Å². The summed E-state index contributed by atoms with van der Waals surface area (Å²) >= 11 is 3.34. The predicted molar refractivity (Wildman–Crippen MR) is 125 cm³/mol. The van der Waals surface area contributed by atoms with Gasteiger partial charge in [0, 0.05) is 17.1 Å². The number of nitrogens with zero attached hydrogens (tertiary/aromatic N) is 4. The van der Waals surface area contributed by atoms with Crippen LogP contribution in [0.1, 0.15) is 5.56 Å². The molecule has 4 rings (SSSR count). The number of fused-ring (bicyclic) bond motifs is 1. The van der Waals surface area contributed by atoms with Gasteiger partial charge in [0.05, 0.1) is 12.8 Å². The number of aryl methyl sites for hydroxylation is 1. The zero-order valence-electron chi connectivity index (χ0n) is 16.9. The Morgan fingerprint density at radius 1 is 1.25 bits per heavy atom. The molecule has 164 valence electrons. The first-order chi connectivity index (χ1) is 15.4. The summed E-state index contributed by atoms with van der Waals surface area (Å²) in [6.07, 6.45) is 1.42. The van der Waals surface area contributed by atoms with E-state index < -0.39 is 11.2 Å². The number of rotatable bonds is 7. The molecule has 0 fully saturated rings. The molecular weight excluding hydrogens is 480 g/mol. The molecule has 0 amide bonds. The van der Waals surface area contributed by atoms with Crippen molar-refractivity contribution in [2.24, 2.45) is 12.1 Å². The van der Waals surface area contributed by atoms with Crippen LogP contribution >= 0.6 is 15.9 Å². The van der Waals surface area contributed by atoms with Gasteiger partial charge in [0.1, 0.15) is 18.1 Å². The van der Waals surface area contributed by atoms with Crippen LogP contribution in [0.25, 0.3) is 11.2 Å². The molecule has 0 aliphatic carbocycles. The van der Waals surface area contributed by atoms with Gasteiger partial charge in [0.2, 0.25) is 5.95 Å². The largest absolute Gasteiger partial charge is 0.507 e. The molecule has 0 atom stereocenters. The van der Waals surface area contributed by atoms with Gasteiger partial charge in [-0.15, -0.1) is 0 Å². The number of aromatic amines is 1. The third kappa shape index (κ3) is 4.42. The minimum absolute atomic E-state index is 0.0577. The van der Waals surface area contributed by atoms with Gasteiger partial charge < -0.3 is 9.84 Å². The molecule has 10 nitrogen and oxygen atoms in total. The van der Waals surface area contributed by atoms with E-state index in [0.29, 0.717) is 11.3 Å². The van der Waals surface area contributed by atoms with Crippen molar-refractivity contribution in [2.75, 3.05) is 12.0 Å². The van der Waals surface area contributed by atoms with Crippen molar-refractivity contribution in [3.63, 3.8) is 0 Å². The number of hydrogen-bond donors (Lipinski definition) is 3. The molecule has 0 saturated heterocycles. The molecular formula is C21H19BrN6O4. The smallest absolute Gasteiger partial charge is 0.329 e. The molecule has 0 aliphatic heterocycles. The quantitative estimate of drug-likeness (QED) is 0.265. The summed E-state index contributed by atoms with van der Waals surface area (Å²) in [5.41, 5.74) is 2.57. The standard InChI is InChI=1S/C21H19BrN6O4/c1-27-18-17(19(30)25-21(27)31)28(9-10-32-15-5-3-2-4-6-15)20(24-18)26-23-12-13-11-14(22)7-8-16(13)29/h2-8,11-12,29H,9-10H2,1H3,(H,24,26)(H,25,30,31)/b23-12-. The number of aromatic hydroxyl groups is 1. The second kappa shape index (κ2) is 9.10. The van der Waals surface area contributed by atoms with Crippen molar-refractivity contribution in [1.29, 1.82) is 0 Å². The van der Waals surface area contributed by atoms with E-state index >= 15 is 0 Å². The number of nitrogens with one attached hydrogen (secondary N) is 2. The highest BCUT2D eigenvalue weighted by Gasteiger charge is 2.17. The minimum atomic E-state index is -0.568. The van der Waals surface area contributed by atoms with E-state index in [1.807, 2.05) is 30.3 Å². The van der Waals surface area contributed by atoms with E-state index in [1.165, 1.54) is 23.9 Å². The van der Waals surface area contributed by atoms with Crippen LogP contribution in [0.3, 0.4) is 0 Å². The molecule has 11 heteroatoms. The van der Waals surface area contributed by atoms with Crippen molar-refractivity contribution in [1.82, 2.24) is 19.1 Å². The van der Waals surface area contributed by atoms with Crippen molar-refractivity contribution < 1.29 is 9.84 Å². The fourth-order valence-corrected chi connectivity index (χ4v) is 3.48. The van der Waals surface area contributed by atoms with E-state index in [4.69, 9.17) is 4.74 Å². The summed E-state index contributed by atoms with van der Waals surface area (Å²) in [6, 6.07) is 14.2. The number of aromatic nitrogens is 4. The van der Waals surface area contributed by atoms with Crippen molar-refractivity contribution in [3.05, 3.63) is 79.4 Å². The Hall–Kier alpha value is -3.86. The normalized spacial score (nSPS) is 11.3. The van der Waals surface area contributed by atoms with E-state index in [2.05, 4.69) is 36.4 Å². The number of imidazole rings is 1. The lowest BCUT2D eigenvalue weighted by Crippen LogP contribution is -2.29. The van der Waals surface area contributed by atoms with Gasteiger partial charge in [0.25, 0.3) is 5.56 Å². The van der Waals surface area contributed by atoms with Crippen LogP contribution in [0.2, 0.25) is 0 Å². The molecule has 0 saturated carbocycles. The molecule has 0 aliphatic rings. The van der Waals surface area contributed by atoms with E-state index in [0.717, 1.165) is 4.47 Å². The Morgan fingerprint density at radius 2 is 2.03 bits per heavy atom. The monoisotopic (exact) mass is 498 g/mol. The molecule has 0 spiro atoms. The number of hydrazone groups is 1. The maximum absolute atomic E-state index is 12.5. The van der Waals surface area contributed by atoms with Gasteiger partial charge in [0.15, 0.2) is 11.2 Å². The SMILES string of the molecule is Cn1c(=O)[nH]c(=O)c2c1nc(N/N=C\c1cc(Br)ccc1O)n2CCOc1ccccc1. The van der Waals surface area contributed by atoms with Gasteiger partial charge >= 0.3 is 5.69 Å². The highest BCUT2D eigenvalue weighted by atomic mass is 79.9. The number of phenols is 1. The van der Waals surface area contributed by atoms with Crippen LogP contribution in [-0.2, 0) is 13.6 Å². The second-order valence-corrected chi connectivity index (χ2v) is 7.73. The average Bonchev–Trinajstić information content (AvgIpc) is 3.14. The molecule has 3 N–H and O–H groups in total. The van der Waals surface area contributed by atoms with Crippen LogP contribution in [-0.4, -0.2) is 37.0 Å². The minimum Gasteiger partial charge on any atom is -0.507 e. The first kappa shape index (κ1) is 21.4. The Labute approximate surface area is 189 Å². The predicted octanol–water partition coefficient (Wildman–Crippen LogP) is 2.42. The Kier molecular flexibility index (Phi) is 6.08. The summed E-state index contributed by atoms with van der Waals surface area (Å²) in [7, 11) is 1.52. The zero-order chi connectivity index (χ0) is 22.7. The zero-order valence-corrected chi connectivity index (χ0v) is 18.5. The van der Waals surface area contributed by atoms with Crippen LogP contribution in [0.4, 0.5) is 5.95 Å². The lowest BCUT2D eigenvalue weighted by Gasteiger charge is -2.10. The number of para-hydroxylation sites is 1. The fourth-order valence-electron chi connectivity index (χ4n) is 3.10. The maximum Gasteiger partial charge on any atom is 0.329 e. The molecule has 32 heavy (non-hydrogen) atoms. The van der Waals surface area contributed by atoms with Gasteiger partial charge in [-0.1, -0.05) is 34.1 Å². The summed E-state index contributed by atoms with van der Waals surface area (Å²) in [5, 5.41) is 14.1. The summed E-state index contributed by atoms with van der Waals surface area (Å²) in [5.74, 6) is 0.993. The fraction of sp³-hybridized carbons (Fsp3) is 0.143. The van der Waals surface area contributed by atoms with Crippen LogP contribution in [0.15, 0.2) is 67.7 Å². The topological polar surface area (TPSA) is 127 Å². The summed E-state index contributed by atoms with van der Waals surface area (Å²) in [4.78, 5) is 31.2. The highest BCUT2D eigenvalue weighted by molar-refractivity contribution is 9.10. The van der Waals surface area contributed by atoms with E-state index in [-0.39, 0.29) is 36.0 Å². The van der Waals surface area contributed by atoms with Gasteiger partial charge in [-0.05, 0) is 30.3 Å². The van der Waals surface area contributed by atoms with E-state index in [1.54, 1.807) is 16.7 Å². The Bertz CT molecular complexity index is 1410. The number of benzene rings is 2. The molecule has 0 radical (unpaired) electrons. The molecule has 4 aromatic rings. The van der Waals surface area contributed by atoms with Crippen molar-refractivity contribution in [2.45, 2.75) is 6.54 Å². The molecule has 2 aromatic heterocycles. The third-order valence-corrected chi connectivity index (χ3v) is 5.18. The first-order valence-electron chi connectivity index (χ1n) is 9.59. The Morgan fingerprint density at radius 3 is 2.81 bits per heavy atom. The van der Waals surface area contributed by atoms with E-state index in [9.17, 15) is 14.7 Å². The number of H-pyrrole nitrogens is 1. The summed E-state index contributed by atoms with van der Waals surface area (Å²) in [6.45, 7) is 0.523. The number of phenolic OH excluding ortho intramolecular Hbond substituents is 1. The first-order valence-corrected chi connectivity index (χ1v) is 10.4. The molecule has 0 bridgehead atoms. The second-order valence-electron chi connectivity index (χ2n) is 6.81. The number of hydrogen-bond acceptors (Lipinski definition) is 7. The van der Waals surface area contributed by atoms with Gasteiger partial charge in [-0.3, -0.25) is 18.9 Å². The van der Waals surface area contributed by atoms with Crippen LogP contribution in [0.5, 0.6) is 11.5 Å². The average molecular weight is 499 g/mol. The van der Waals surface area contributed by atoms with Gasteiger partial charge in [-0.2, -0.15) is 10.1 Å². The maximum atomic E-state index is 12.5. The number of halogens is 1. The number of ether oxygens (including phenoxy) is 1. The number of anilines is 1. The highest BCUT2D eigenvalue weighted by Crippen LogP contribution is 2.20. The molecule has 2 heterocycles. The van der Waals surface area contributed by atoms with Crippen LogP contribution < -0.4 is 21.4 Å². The third-order valence-electron chi connectivity index (χ3n) is 4.69. The molecule has 2 aromatic carbocycles. The Balaban J connectivity index is 1.66. The lowest BCUT2D eigenvalue weighted by atomic mass is 10.2. The summed E-state index contributed by atoms with van der Waals surface area (Å²) < 4.78 is 9.37. The van der Waals surface area contributed by atoms with Crippen molar-refractivity contribution in [3.8, 4) is 11.5 Å². The van der Waals surface area contributed by atoms with Gasteiger partial charge in [-0.25, -0.2) is 10.2 Å².